The standard InChI is InChI=1S/C24H28ClF3N2O5S2/c1-5-8-37(34,35)21-10-15-9-17(30-19(15)13-29-21)12-23(31,24(26,27)28)14-22(2,3)18-11-16(25)6-7-20(18)36(4,32)33/h6-7,9-11,13,30-31H,5,8,12,14H2,1-4H3. The summed E-state index contributed by atoms with van der Waals surface area (Å²) in [5.74, 6) is -0.120. The maximum atomic E-state index is 14.3. The molecular formula is C24H28ClF3N2O5S2. The predicted octanol–water partition coefficient (Wildman–Crippen LogP) is 5.01. The van der Waals surface area contributed by atoms with Gasteiger partial charge in [0.25, 0.3) is 0 Å². The number of sulfone groups is 2. The van der Waals surface area contributed by atoms with Gasteiger partial charge in [-0.25, -0.2) is 21.8 Å². The van der Waals surface area contributed by atoms with E-state index in [1.165, 1.54) is 50.4 Å². The van der Waals surface area contributed by atoms with Crippen LogP contribution < -0.4 is 0 Å². The van der Waals surface area contributed by atoms with Gasteiger partial charge in [-0.1, -0.05) is 32.4 Å². The quantitative estimate of drug-likeness (QED) is 0.367. The molecule has 0 aliphatic heterocycles. The summed E-state index contributed by atoms with van der Waals surface area (Å²) in [5, 5.41) is 11.3. The first-order chi connectivity index (χ1) is 16.8. The first-order valence-corrected chi connectivity index (χ1v) is 15.2. The maximum Gasteiger partial charge on any atom is 0.417 e. The Morgan fingerprint density at radius 1 is 1.08 bits per heavy atom. The van der Waals surface area contributed by atoms with Gasteiger partial charge in [0.1, 0.15) is 0 Å². The lowest BCUT2D eigenvalue weighted by molar-refractivity contribution is -0.266. The molecule has 0 radical (unpaired) electrons. The number of hydrogen-bond acceptors (Lipinski definition) is 6. The molecule has 204 valence electrons. The molecule has 13 heteroatoms. The van der Waals surface area contributed by atoms with Crippen LogP contribution in [0.25, 0.3) is 10.9 Å². The lowest BCUT2D eigenvalue weighted by atomic mass is 9.73. The SMILES string of the molecule is CCCS(=O)(=O)c1cc2cc(CC(O)(CC(C)(C)c3cc(Cl)ccc3S(C)(=O)=O)C(F)(F)F)[nH]c2cn1. The van der Waals surface area contributed by atoms with E-state index in [1.807, 2.05) is 0 Å². The van der Waals surface area contributed by atoms with Crippen molar-refractivity contribution >= 4 is 42.2 Å². The fourth-order valence-corrected chi connectivity index (χ4v) is 6.96. The van der Waals surface area contributed by atoms with E-state index < -0.39 is 49.7 Å². The fourth-order valence-electron chi connectivity index (χ4n) is 4.47. The highest BCUT2D eigenvalue weighted by Gasteiger charge is 2.56. The molecule has 1 atom stereocenters. The third-order valence-electron chi connectivity index (χ3n) is 6.14. The summed E-state index contributed by atoms with van der Waals surface area (Å²) in [6.45, 7) is 4.51. The summed E-state index contributed by atoms with van der Waals surface area (Å²) < 4.78 is 92.3. The summed E-state index contributed by atoms with van der Waals surface area (Å²) >= 11 is 6.04. The van der Waals surface area contributed by atoms with Crippen molar-refractivity contribution in [3.63, 3.8) is 0 Å². The van der Waals surface area contributed by atoms with Gasteiger partial charge in [-0.2, -0.15) is 13.2 Å². The second kappa shape index (κ2) is 9.87. The van der Waals surface area contributed by atoms with Gasteiger partial charge in [0.15, 0.2) is 30.3 Å². The molecule has 37 heavy (non-hydrogen) atoms. The van der Waals surface area contributed by atoms with E-state index in [0.29, 0.717) is 17.3 Å². The molecule has 0 saturated heterocycles. The second-order valence-corrected chi connectivity index (χ2v) is 14.4. The van der Waals surface area contributed by atoms with Crippen molar-refractivity contribution in [1.29, 1.82) is 0 Å². The average Bonchev–Trinajstić information content (AvgIpc) is 3.12. The van der Waals surface area contributed by atoms with Crippen LogP contribution in [0.4, 0.5) is 13.2 Å². The Morgan fingerprint density at radius 3 is 2.30 bits per heavy atom. The molecular weight excluding hydrogens is 553 g/mol. The van der Waals surface area contributed by atoms with Crippen molar-refractivity contribution in [3.05, 3.63) is 52.8 Å². The first-order valence-electron chi connectivity index (χ1n) is 11.3. The Bertz CT molecular complexity index is 1530. The van der Waals surface area contributed by atoms with Crippen molar-refractivity contribution < 1.29 is 35.1 Å². The Labute approximate surface area is 218 Å². The molecule has 7 nitrogen and oxygen atoms in total. The highest BCUT2D eigenvalue weighted by molar-refractivity contribution is 7.91. The highest BCUT2D eigenvalue weighted by atomic mass is 35.5. The van der Waals surface area contributed by atoms with Crippen LogP contribution in [0.15, 0.2) is 46.5 Å². The first kappa shape index (κ1) is 29.4. The Hall–Kier alpha value is -2.15. The van der Waals surface area contributed by atoms with E-state index in [9.17, 15) is 35.1 Å². The number of benzene rings is 1. The molecule has 2 N–H and O–H groups in total. The maximum absolute atomic E-state index is 14.3. The van der Waals surface area contributed by atoms with E-state index in [2.05, 4.69) is 9.97 Å². The van der Waals surface area contributed by atoms with E-state index in [-0.39, 0.29) is 32.0 Å². The monoisotopic (exact) mass is 580 g/mol. The van der Waals surface area contributed by atoms with E-state index >= 15 is 0 Å². The summed E-state index contributed by atoms with van der Waals surface area (Å²) in [5.41, 5.74) is -4.37. The van der Waals surface area contributed by atoms with Gasteiger partial charge in [-0.05, 0) is 54.2 Å². The third kappa shape index (κ3) is 6.30. The highest BCUT2D eigenvalue weighted by Crippen LogP contribution is 2.45. The van der Waals surface area contributed by atoms with Crippen LogP contribution in [0, 0.1) is 0 Å². The van der Waals surface area contributed by atoms with E-state index in [0.717, 1.165) is 6.26 Å². The average molecular weight is 581 g/mol. The molecule has 2 aromatic heterocycles. The number of nitrogens with zero attached hydrogens (tertiary/aromatic N) is 1. The molecule has 1 unspecified atom stereocenters. The minimum absolute atomic E-state index is 0.00638. The second-order valence-electron chi connectivity index (χ2n) is 9.90. The lowest BCUT2D eigenvalue weighted by Crippen LogP contribution is -2.51. The molecule has 0 bridgehead atoms. The number of fused-ring (bicyclic) bond motifs is 1. The van der Waals surface area contributed by atoms with Gasteiger partial charge >= 0.3 is 6.18 Å². The largest absolute Gasteiger partial charge is 0.417 e. The van der Waals surface area contributed by atoms with Crippen LogP contribution in [0.5, 0.6) is 0 Å². The zero-order chi connectivity index (χ0) is 28.0. The summed E-state index contributed by atoms with van der Waals surface area (Å²) in [4.78, 5) is 6.52. The number of alkyl halides is 3. The van der Waals surface area contributed by atoms with Crippen LogP contribution in [-0.2, 0) is 31.5 Å². The number of nitrogens with one attached hydrogen (secondary N) is 1. The molecule has 0 amide bonds. The van der Waals surface area contributed by atoms with E-state index in [4.69, 9.17) is 11.6 Å². The minimum Gasteiger partial charge on any atom is -0.380 e. The number of aromatic amines is 1. The van der Waals surface area contributed by atoms with Gasteiger partial charge < -0.3 is 10.1 Å². The molecule has 0 saturated carbocycles. The van der Waals surface area contributed by atoms with Crippen molar-refractivity contribution in [2.75, 3.05) is 12.0 Å². The Morgan fingerprint density at radius 2 is 1.73 bits per heavy atom. The molecule has 0 spiro atoms. The third-order valence-corrected chi connectivity index (χ3v) is 9.34. The number of aliphatic hydroxyl groups is 1. The Balaban J connectivity index is 2.04. The molecule has 2 heterocycles. The number of pyridine rings is 1. The Kier molecular flexibility index (Phi) is 7.84. The topological polar surface area (TPSA) is 117 Å². The molecule has 0 fully saturated rings. The summed E-state index contributed by atoms with van der Waals surface area (Å²) in [7, 11) is -7.44. The zero-order valence-corrected chi connectivity index (χ0v) is 23.0. The lowest BCUT2D eigenvalue weighted by Gasteiger charge is -2.38. The molecule has 3 aromatic rings. The van der Waals surface area contributed by atoms with Gasteiger partial charge in [0, 0.05) is 28.8 Å². The van der Waals surface area contributed by atoms with Crippen LogP contribution in [0.3, 0.4) is 0 Å². The van der Waals surface area contributed by atoms with Gasteiger partial charge in [0.05, 0.1) is 22.4 Å². The van der Waals surface area contributed by atoms with Gasteiger partial charge in [-0.15, -0.1) is 0 Å². The summed E-state index contributed by atoms with van der Waals surface area (Å²) in [6.07, 6.45) is -4.31. The molecule has 3 rings (SSSR count). The van der Waals surface area contributed by atoms with Crippen LogP contribution in [0.1, 0.15) is 44.9 Å². The van der Waals surface area contributed by atoms with Crippen molar-refractivity contribution in [2.24, 2.45) is 0 Å². The number of halogens is 4. The van der Waals surface area contributed by atoms with Gasteiger partial charge in [0.2, 0.25) is 0 Å². The van der Waals surface area contributed by atoms with E-state index in [1.54, 1.807) is 6.92 Å². The normalized spacial score (nSPS) is 15.2. The summed E-state index contributed by atoms with van der Waals surface area (Å²) in [6, 6.07) is 6.48. The number of aromatic nitrogens is 2. The molecule has 0 aliphatic rings. The smallest absolute Gasteiger partial charge is 0.380 e. The minimum atomic E-state index is -5.08. The number of H-pyrrole nitrogens is 1. The van der Waals surface area contributed by atoms with Crippen LogP contribution in [0.2, 0.25) is 5.02 Å². The van der Waals surface area contributed by atoms with Crippen molar-refractivity contribution in [1.82, 2.24) is 9.97 Å². The molecule has 1 aromatic carbocycles. The number of rotatable bonds is 9. The zero-order valence-electron chi connectivity index (χ0n) is 20.6. The van der Waals surface area contributed by atoms with Crippen molar-refractivity contribution in [2.45, 2.75) is 67.1 Å². The molecule has 0 aliphatic carbocycles. The van der Waals surface area contributed by atoms with Gasteiger partial charge in [-0.3, -0.25) is 0 Å². The van der Waals surface area contributed by atoms with Crippen molar-refractivity contribution in [3.8, 4) is 0 Å². The predicted molar refractivity (Wildman–Crippen MR) is 135 cm³/mol. The fraction of sp³-hybridized carbons (Fsp3) is 0.458. The van der Waals surface area contributed by atoms with Crippen LogP contribution in [-0.4, -0.2) is 55.7 Å². The van der Waals surface area contributed by atoms with Crippen LogP contribution >= 0.6 is 11.6 Å². The number of hydrogen-bond donors (Lipinski definition) is 2.